The summed E-state index contributed by atoms with van der Waals surface area (Å²) < 4.78 is 11.2. The van der Waals surface area contributed by atoms with Crippen LogP contribution in [0.1, 0.15) is 36.4 Å². The molecule has 27 heavy (non-hydrogen) atoms. The van der Waals surface area contributed by atoms with Gasteiger partial charge in [0.1, 0.15) is 5.75 Å². The van der Waals surface area contributed by atoms with E-state index in [0.29, 0.717) is 13.1 Å². The molecule has 2 N–H and O–H groups in total. The summed E-state index contributed by atoms with van der Waals surface area (Å²) in [6.45, 7) is 1.84. The second-order valence-corrected chi connectivity index (χ2v) is 6.94. The van der Waals surface area contributed by atoms with Crippen molar-refractivity contribution < 1.29 is 14.3 Å². The van der Waals surface area contributed by atoms with Crippen LogP contribution in [0.5, 0.6) is 5.75 Å². The van der Waals surface area contributed by atoms with Gasteiger partial charge in [0, 0.05) is 37.7 Å². The van der Waals surface area contributed by atoms with Crippen LogP contribution in [0.2, 0.25) is 0 Å². The zero-order chi connectivity index (χ0) is 19.1. The molecule has 0 spiro atoms. The summed E-state index contributed by atoms with van der Waals surface area (Å²) in [6.07, 6.45) is 2.40. The molecule has 1 amide bonds. The summed E-state index contributed by atoms with van der Waals surface area (Å²) in [5.41, 5.74) is 8.25. The van der Waals surface area contributed by atoms with Crippen molar-refractivity contribution >= 4 is 5.91 Å². The second-order valence-electron chi connectivity index (χ2n) is 6.94. The van der Waals surface area contributed by atoms with E-state index in [2.05, 4.69) is 0 Å². The minimum atomic E-state index is -0.316. The van der Waals surface area contributed by atoms with E-state index in [0.717, 1.165) is 36.3 Å². The number of nitrogens with two attached hydrogens (primary N) is 1. The minimum Gasteiger partial charge on any atom is -0.496 e. The average molecular weight is 368 g/mol. The lowest BCUT2D eigenvalue weighted by Gasteiger charge is -2.27. The highest BCUT2D eigenvalue weighted by atomic mass is 16.5. The SMILES string of the molecule is COc1ccccc1CN(CC1CCCO1)C(=O)CC(N)c1ccccc1. The Bertz CT molecular complexity index is 729. The van der Waals surface area contributed by atoms with Crippen molar-refractivity contribution in [2.24, 2.45) is 5.73 Å². The first kappa shape index (κ1) is 19.4. The van der Waals surface area contributed by atoms with Gasteiger partial charge in [-0.25, -0.2) is 0 Å². The number of amides is 1. The summed E-state index contributed by atoms with van der Waals surface area (Å²) in [5, 5.41) is 0. The van der Waals surface area contributed by atoms with Gasteiger partial charge in [-0.15, -0.1) is 0 Å². The molecule has 2 atom stereocenters. The molecule has 1 aliphatic heterocycles. The summed E-state index contributed by atoms with van der Waals surface area (Å²) >= 11 is 0. The fourth-order valence-electron chi connectivity index (χ4n) is 3.46. The third-order valence-corrected chi connectivity index (χ3v) is 4.98. The third-order valence-electron chi connectivity index (χ3n) is 4.98. The fraction of sp³-hybridized carbons (Fsp3) is 0.409. The lowest BCUT2D eigenvalue weighted by atomic mass is 10.0. The van der Waals surface area contributed by atoms with Gasteiger partial charge in [0.2, 0.25) is 5.91 Å². The van der Waals surface area contributed by atoms with E-state index in [4.69, 9.17) is 15.2 Å². The molecule has 3 rings (SSSR count). The molecule has 0 aromatic heterocycles. The number of methoxy groups -OCH3 is 1. The Balaban J connectivity index is 1.73. The molecule has 0 radical (unpaired) electrons. The van der Waals surface area contributed by atoms with Crippen molar-refractivity contribution in [2.45, 2.75) is 38.0 Å². The first-order chi connectivity index (χ1) is 13.2. The molecule has 2 aromatic carbocycles. The molecule has 1 saturated heterocycles. The molecule has 2 aromatic rings. The summed E-state index contributed by atoms with van der Waals surface area (Å²) in [5.74, 6) is 0.822. The summed E-state index contributed by atoms with van der Waals surface area (Å²) in [4.78, 5) is 14.9. The largest absolute Gasteiger partial charge is 0.496 e. The van der Waals surface area contributed by atoms with E-state index in [1.54, 1.807) is 7.11 Å². The Morgan fingerprint density at radius 2 is 1.96 bits per heavy atom. The molecule has 5 nitrogen and oxygen atoms in total. The van der Waals surface area contributed by atoms with Crippen LogP contribution in [-0.4, -0.2) is 37.2 Å². The molecule has 0 saturated carbocycles. The van der Waals surface area contributed by atoms with Crippen LogP contribution in [0.25, 0.3) is 0 Å². The molecule has 5 heteroatoms. The third kappa shape index (κ3) is 5.31. The Morgan fingerprint density at radius 1 is 1.22 bits per heavy atom. The molecule has 2 unspecified atom stereocenters. The van der Waals surface area contributed by atoms with Crippen molar-refractivity contribution in [3.63, 3.8) is 0 Å². The monoisotopic (exact) mass is 368 g/mol. The first-order valence-corrected chi connectivity index (χ1v) is 9.49. The van der Waals surface area contributed by atoms with Crippen LogP contribution in [0.15, 0.2) is 54.6 Å². The van der Waals surface area contributed by atoms with Crippen LogP contribution >= 0.6 is 0 Å². The molecule has 1 heterocycles. The zero-order valence-electron chi connectivity index (χ0n) is 15.8. The summed E-state index contributed by atoms with van der Waals surface area (Å²) in [6, 6.07) is 17.2. The number of para-hydroxylation sites is 1. The molecule has 0 aliphatic carbocycles. The van der Waals surface area contributed by atoms with Crippen LogP contribution in [-0.2, 0) is 16.1 Å². The maximum atomic E-state index is 13.1. The average Bonchev–Trinajstić information content (AvgIpc) is 3.21. The van der Waals surface area contributed by atoms with Crippen LogP contribution in [0.3, 0.4) is 0 Å². The number of ether oxygens (including phenoxy) is 2. The van der Waals surface area contributed by atoms with Crippen molar-refractivity contribution in [2.75, 3.05) is 20.3 Å². The smallest absolute Gasteiger partial charge is 0.224 e. The molecule has 1 aliphatic rings. The van der Waals surface area contributed by atoms with Gasteiger partial charge in [0.25, 0.3) is 0 Å². The number of hydrogen-bond acceptors (Lipinski definition) is 4. The Hall–Kier alpha value is -2.37. The minimum absolute atomic E-state index is 0.0350. The van der Waals surface area contributed by atoms with Crippen molar-refractivity contribution in [1.82, 2.24) is 4.90 Å². The van der Waals surface area contributed by atoms with Gasteiger partial charge < -0.3 is 20.1 Å². The van der Waals surface area contributed by atoms with Crippen molar-refractivity contribution in [1.29, 1.82) is 0 Å². The van der Waals surface area contributed by atoms with Crippen LogP contribution < -0.4 is 10.5 Å². The standard InChI is InChI=1S/C22H28N2O3/c1-26-21-12-6-5-10-18(21)15-24(16-19-11-7-13-27-19)22(25)14-20(23)17-8-3-2-4-9-17/h2-6,8-10,12,19-20H,7,11,13-16,23H2,1H3. The molecule has 1 fully saturated rings. The quantitative estimate of drug-likeness (QED) is 0.776. The second kappa shape index (κ2) is 9.53. The summed E-state index contributed by atoms with van der Waals surface area (Å²) in [7, 11) is 1.65. The molecule has 144 valence electrons. The number of benzene rings is 2. The Labute approximate surface area is 161 Å². The van der Waals surface area contributed by atoms with E-state index in [1.165, 1.54) is 0 Å². The van der Waals surface area contributed by atoms with Gasteiger partial charge in [-0.1, -0.05) is 48.5 Å². The van der Waals surface area contributed by atoms with Gasteiger partial charge >= 0.3 is 0 Å². The highest BCUT2D eigenvalue weighted by Crippen LogP contribution is 2.23. The van der Waals surface area contributed by atoms with Gasteiger partial charge in [-0.2, -0.15) is 0 Å². The maximum Gasteiger partial charge on any atom is 0.224 e. The molecule has 0 bridgehead atoms. The molecular formula is C22H28N2O3. The van der Waals surface area contributed by atoms with Crippen LogP contribution in [0, 0.1) is 0 Å². The number of carbonyl (C=O) groups is 1. The Kier molecular flexibility index (Phi) is 6.85. The topological polar surface area (TPSA) is 64.8 Å². The van der Waals surface area contributed by atoms with Gasteiger partial charge in [0.05, 0.1) is 13.2 Å². The van der Waals surface area contributed by atoms with Crippen molar-refractivity contribution in [3.05, 3.63) is 65.7 Å². The normalized spacial score (nSPS) is 17.5. The predicted octanol–water partition coefficient (Wildman–Crippen LogP) is 3.29. The molecular weight excluding hydrogens is 340 g/mol. The predicted molar refractivity (Wildman–Crippen MR) is 105 cm³/mol. The Morgan fingerprint density at radius 3 is 2.67 bits per heavy atom. The lowest BCUT2D eigenvalue weighted by Crippen LogP contribution is -2.38. The fourth-order valence-corrected chi connectivity index (χ4v) is 3.46. The first-order valence-electron chi connectivity index (χ1n) is 9.49. The number of carbonyl (C=O) groups excluding carboxylic acids is 1. The van der Waals surface area contributed by atoms with Gasteiger partial charge in [0.15, 0.2) is 0 Å². The zero-order valence-corrected chi connectivity index (χ0v) is 15.8. The maximum absolute atomic E-state index is 13.1. The highest BCUT2D eigenvalue weighted by molar-refractivity contribution is 5.77. The van der Waals surface area contributed by atoms with Crippen LogP contribution in [0.4, 0.5) is 0 Å². The van der Waals surface area contributed by atoms with E-state index >= 15 is 0 Å². The lowest BCUT2D eigenvalue weighted by molar-refractivity contribution is -0.133. The van der Waals surface area contributed by atoms with E-state index in [-0.39, 0.29) is 24.5 Å². The van der Waals surface area contributed by atoms with Crippen molar-refractivity contribution in [3.8, 4) is 5.75 Å². The van der Waals surface area contributed by atoms with E-state index < -0.39 is 0 Å². The highest BCUT2D eigenvalue weighted by Gasteiger charge is 2.25. The number of rotatable bonds is 8. The van der Waals surface area contributed by atoms with Gasteiger partial charge in [-0.3, -0.25) is 4.79 Å². The van der Waals surface area contributed by atoms with E-state index in [9.17, 15) is 4.79 Å². The van der Waals surface area contributed by atoms with E-state index in [1.807, 2.05) is 59.5 Å². The number of nitrogens with zero attached hydrogens (tertiary/aromatic N) is 1. The van der Waals surface area contributed by atoms with Gasteiger partial charge in [-0.05, 0) is 24.5 Å². The number of hydrogen-bond donors (Lipinski definition) is 1.